The fourth-order valence-electron chi connectivity index (χ4n) is 5.27. The molecule has 7 rings (SSSR count). The lowest BCUT2D eigenvalue weighted by molar-refractivity contribution is -0.660. The van der Waals surface area contributed by atoms with Gasteiger partial charge in [-0.05, 0) is 49.2 Å². The van der Waals surface area contributed by atoms with Crippen LogP contribution in [-0.4, -0.2) is 0 Å². The molecule has 0 saturated carbocycles. The first kappa shape index (κ1) is 17.1. The maximum absolute atomic E-state index is 7.77. The number of furan rings is 2. The minimum atomic E-state index is -2.16. The van der Waals surface area contributed by atoms with E-state index in [1.807, 2.05) is 35.9 Å². The lowest BCUT2D eigenvalue weighted by Crippen LogP contribution is -2.31. The van der Waals surface area contributed by atoms with Gasteiger partial charge in [0.25, 0.3) is 0 Å². The van der Waals surface area contributed by atoms with E-state index in [0.717, 1.165) is 71.8 Å². The summed E-state index contributed by atoms with van der Waals surface area (Å²) in [5.41, 5.74) is 8.54. The van der Waals surface area contributed by atoms with Crippen LogP contribution >= 0.6 is 0 Å². The number of hydrogen-bond acceptors (Lipinski definition) is 2. The monoisotopic (exact) mass is 457 g/mol. The molecule has 3 heterocycles. The summed E-state index contributed by atoms with van der Waals surface area (Å²) >= 11 is 0. The molecule has 35 heavy (non-hydrogen) atoms. The maximum Gasteiger partial charge on any atom is 0.216 e. The van der Waals surface area contributed by atoms with Gasteiger partial charge in [0.1, 0.15) is 29.4 Å². The molecule has 7 aromatic rings. The molecule has 0 fully saturated rings. The van der Waals surface area contributed by atoms with Gasteiger partial charge in [-0.3, -0.25) is 0 Å². The van der Waals surface area contributed by atoms with Gasteiger partial charge in [-0.2, -0.15) is 0 Å². The van der Waals surface area contributed by atoms with Gasteiger partial charge in [0.05, 0.1) is 5.56 Å². The zero-order chi connectivity index (χ0) is 26.2. The average Bonchev–Trinajstić information content (AvgIpc) is 3.46. The molecule has 168 valence electrons. The van der Waals surface area contributed by atoms with Crippen molar-refractivity contribution in [2.24, 2.45) is 7.05 Å². The molecule has 0 saturated heterocycles. The van der Waals surface area contributed by atoms with Crippen molar-refractivity contribution in [1.82, 2.24) is 0 Å². The first-order chi connectivity index (χ1) is 18.3. The zero-order valence-corrected chi connectivity index (χ0v) is 19.4. The van der Waals surface area contributed by atoms with E-state index >= 15 is 0 Å². The van der Waals surface area contributed by atoms with Crippen LogP contribution in [0.5, 0.6) is 0 Å². The van der Waals surface area contributed by atoms with E-state index in [-0.39, 0.29) is 0 Å². The number of benzene rings is 4. The fraction of sp³-hybridized carbons (Fsp3) is 0.0938. The zero-order valence-electron chi connectivity index (χ0n) is 22.4. The third kappa shape index (κ3) is 2.95. The Morgan fingerprint density at radius 3 is 2.40 bits per heavy atom. The predicted molar refractivity (Wildman–Crippen MR) is 143 cm³/mol. The van der Waals surface area contributed by atoms with E-state index in [1.165, 1.54) is 0 Å². The Morgan fingerprint density at radius 2 is 1.51 bits per heavy atom. The van der Waals surface area contributed by atoms with Gasteiger partial charge in [0, 0.05) is 42.9 Å². The van der Waals surface area contributed by atoms with E-state index < -0.39 is 6.85 Å². The van der Waals surface area contributed by atoms with Crippen LogP contribution in [0.15, 0.2) is 100.0 Å². The number of pyridine rings is 1. The number of hydrogen-bond donors (Lipinski definition) is 0. The van der Waals surface area contributed by atoms with E-state index in [2.05, 4.69) is 61.5 Å². The second kappa shape index (κ2) is 7.31. The van der Waals surface area contributed by atoms with Gasteiger partial charge in [-0.15, -0.1) is 0 Å². The highest BCUT2D eigenvalue weighted by Crippen LogP contribution is 2.41. The molecule has 3 aromatic heterocycles. The van der Waals surface area contributed by atoms with Crippen LogP contribution in [0, 0.1) is 13.8 Å². The molecule has 3 nitrogen and oxygen atoms in total. The quantitative estimate of drug-likeness (QED) is 0.245. The van der Waals surface area contributed by atoms with E-state index in [9.17, 15) is 0 Å². The molecule has 3 heteroatoms. The molecular weight excluding hydrogens is 430 g/mol. The summed E-state index contributed by atoms with van der Waals surface area (Å²) in [5, 5.41) is 4.25. The predicted octanol–water partition coefficient (Wildman–Crippen LogP) is 8.26. The Kier molecular flexibility index (Phi) is 3.58. The molecule has 0 amide bonds. The van der Waals surface area contributed by atoms with Crippen LogP contribution in [0.3, 0.4) is 0 Å². The first-order valence-corrected chi connectivity index (χ1v) is 11.7. The first-order valence-electron chi connectivity index (χ1n) is 13.2. The van der Waals surface area contributed by atoms with Gasteiger partial charge >= 0.3 is 0 Å². The van der Waals surface area contributed by atoms with Crippen LogP contribution in [-0.2, 0) is 7.05 Å². The number of fused-ring (bicyclic) bond motifs is 6. The summed E-state index contributed by atoms with van der Waals surface area (Å²) in [6, 6.07) is 28.3. The highest BCUT2D eigenvalue weighted by molar-refractivity contribution is 6.14. The van der Waals surface area contributed by atoms with Crippen molar-refractivity contribution in [1.29, 1.82) is 0 Å². The summed E-state index contributed by atoms with van der Waals surface area (Å²) in [6.07, 6.45) is 1.68. The number of para-hydroxylation sites is 2. The molecule has 0 bridgehead atoms. The molecule has 0 unspecified atom stereocenters. The Hall–Kier alpha value is -4.37. The third-order valence-corrected chi connectivity index (χ3v) is 6.95. The Morgan fingerprint density at radius 1 is 0.714 bits per heavy atom. The van der Waals surface area contributed by atoms with E-state index in [1.54, 1.807) is 12.3 Å². The normalized spacial score (nSPS) is 13.5. The Labute approximate surface area is 207 Å². The van der Waals surface area contributed by atoms with Crippen LogP contribution in [0.25, 0.3) is 66.3 Å². The standard InChI is InChI=1S/C32H24NO2/c1-19-11-16-27(33(3)18-19)30-20(2)12-14-26-25-9-6-8-22(31(25)35-32(26)30)21-13-15-24-23-7-4-5-10-28(23)34-29(24)17-21/h4-18H,1-3H3/q+1/i1D3. The maximum atomic E-state index is 7.77. The summed E-state index contributed by atoms with van der Waals surface area (Å²) in [5.74, 6) is 0. The van der Waals surface area contributed by atoms with Gasteiger partial charge in [-0.25, -0.2) is 4.57 Å². The topological polar surface area (TPSA) is 30.2 Å². The summed E-state index contributed by atoms with van der Waals surface area (Å²) < 4.78 is 38.0. The highest BCUT2D eigenvalue weighted by atomic mass is 16.3. The fourth-order valence-corrected chi connectivity index (χ4v) is 5.27. The molecular formula is C32H24NO2+. The number of aromatic nitrogens is 1. The van der Waals surface area contributed by atoms with Crippen molar-refractivity contribution >= 4 is 43.9 Å². The summed E-state index contributed by atoms with van der Waals surface area (Å²) in [4.78, 5) is 0. The molecule has 0 aliphatic heterocycles. The van der Waals surface area contributed by atoms with Crippen LogP contribution in [0.1, 0.15) is 15.2 Å². The van der Waals surface area contributed by atoms with Crippen molar-refractivity contribution in [3.05, 3.63) is 102 Å². The third-order valence-electron chi connectivity index (χ3n) is 6.95. The van der Waals surface area contributed by atoms with Crippen molar-refractivity contribution in [3.63, 3.8) is 0 Å². The SMILES string of the molecule is [2H]C([2H])([2H])c1ccc(-c2c(C)ccc3c2oc2c(-c4ccc5c(c4)oc4ccccc45)cccc23)[n+](C)c1. The van der Waals surface area contributed by atoms with Crippen molar-refractivity contribution in [3.8, 4) is 22.4 Å². The molecule has 0 atom stereocenters. The highest BCUT2D eigenvalue weighted by Gasteiger charge is 2.22. The average molecular weight is 458 g/mol. The molecule has 4 aromatic carbocycles. The molecule has 0 N–H and O–H groups in total. The molecule has 0 aliphatic rings. The van der Waals surface area contributed by atoms with E-state index in [4.69, 9.17) is 12.9 Å². The van der Waals surface area contributed by atoms with Crippen LogP contribution < -0.4 is 4.57 Å². The Bertz CT molecular complexity index is 2050. The smallest absolute Gasteiger partial charge is 0.216 e. The van der Waals surface area contributed by atoms with Crippen LogP contribution in [0.2, 0.25) is 0 Å². The molecule has 0 aliphatic carbocycles. The second-order valence-corrected chi connectivity index (χ2v) is 9.14. The van der Waals surface area contributed by atoms with Crippen molar-refractivity contribution in [2.45, 2.75) is 13.8 Å². The van der Waals surface area contributed by atoms with Gasteiger partial charge in [-0.1, -0.05) is 54.6 Å². The minimum Gasteiger partial charge on any atom is -0.456 e. The summed E-state index contributed by atoms with van der Waals surface area (Å²) in [6.45, 7) is -0.109. The second-order valence-electron chi connectivity index (χ2n) is 9.14. The van der Waals surface area contributed by atoms with Gasteiger partial charge < -0.3 is 8.83 Å². The van der Waals surface area contributed by atoms with Gasteiger partial charge in [0.2, 0.25) is 5.69 Å². The number of rotatable bonds is 2. The van der Waals surface area contributed by atoms with Crippen LogP contribution in [0.4, 0.5) is 0 Å². The molecule has 0 spiro atoms. The van der Waals surface area contributed by atoms with Crippen molar-refractivity contribution in [2.75, 3.05) is 0 Å². The van der Waals surface area contributed by atoms with E-state index in [0.29, 0.717) is 5.56 Å². The van der Waals surface area contributed by atoms with Gasteiger partial charge in [0.15, 0.2) is 6.20 Å². The molecule has 0 radical (unpaired) electrons. The Balaban J connectivity index is 1.45. The number of nitrogens with zero attached hydrogens (tertiary/aromatic N) is 1. The summed E-state index contributed by atoms with van der Waals surface area (Å²) in [7, 11) is 1.87. The lowest BCUT2D eigenvalue weighted by atomic mass is 9.98. The number of aryl methyl sites for hydroxylation is 3. The lowest BCUT2D eigenvalue weighted by Gasteiger charge is -2.06. The minimum absolute atomic E-state index is 0.307. The van der Waals surface area contributed by atoms with Crippen molar-refractivity contribution < 1.29 is 17.5 Å². The largest absolute Gasteiger partial charge is 0.456 e.